The van der Waals surface area contributed by atoms with Crippen molar-refractivity contribution in [2.75, 3.05) is 13.2 Å². The molecule has 0 saturated carbocycles. The maximum absolute atomic E-state index is 12.1. The Bertz CT molecular complexity index is 1460. The molecule has 0 fully saturated rings. The molecule has 1 atom stereocenters. The fourth-order valence-electron chi connectivity index (χ4n) is 4.25. The number of carboxylic acid groups (broad SMARTS) is 1. The molecule has 1 aromatic carbocycles. The number of aromatic nitrogens is 4. The number of carboxylic acids is 1. The van der Waals surface area contributed by atoms with Crippen molar-refractivity contribution in [1.82, 2.24) is 19.5 Å². The lowest BCUT2D eigenvalue weighted by atomic mass is 10.1. The van der Waals surface area contributed by atoms with Gasteiger partial charge in [-0.15, -0.1) is 0 Å². The molecule has 9 heteroatoms. The summed E-state index contributed by atoms with van der Waals surface area (Å²) in [7, 11) is 0. The Labute approximate surface area is 213 Å². The van der Waals surface area contributed by atoms with Crippen LogP contribution in [-0.4, -0.2) is 49.9 Å². The van der Waals surface area contributed by atoms with E-state index in [9.17, 15) is 9.90 Å². The van der Waals surface area contributed by atoms with Crippen LogP contribution in [0.4, 0.5) is 0 Å². The highest BCUT2D eigenvalue weighted by molar-refractivity contribution is 6.00. The highest BCUT2D eigenvalue weighted by Gasteiger charge is 2.19. The number of allylic oxidation sites excluding steroid dienone is 1. The average Bonchev–Trinajstić information content (AvgIpc) is 3.30. The summed E-state index contributed by atoms with van der Waals surface area (Å²) in [5, 5.41) is 10.6. The Morgan fingerprint density at radius 3 is 2.70 bits per heavy atom. The Balaban J connectivity index is 1.30. The minimum absolute atomic E-state index is 0.172. The second kappa shape index (κ2) is 10.9. The lowest BCUT2D eigenvalue weighted by Crippen LogP contribution is -2.17. The van der Waals surface area contributed by atoms with Crippen LogP contribution in [0.25, 0.3) is 22.2 Å². The Hall–Kier alpha value is -4.66. The van der Waals surface area contributed by atoms with E-state index in [1.54, 1.807) is 35.3 Å². The first-order valence-corrected chi connectivity index (χ1v) is 12.0. The molecule has 1 aliphatic rings. The number of hydrogen-bond donors (Lipinski definition) is 1. The molecular formula is C28H26N4O5. The van der Waals surface area contributed by atoms with Gasteiger partial charge in [0.05, 0.1) is 24.4 Å². The fourth-order valence-corrected chi connectivity index (χ4v) is 4.25. The zero-order chi connectivity index (χ0) is 25.6. The summed E-state index contributed by atoms with van der Waals surface area (Å²) in [6, 6.07) is 13.2. The molecule has 1 aliphatic carbocycles. The molecule has 5 rings (SSSR count). The van der Waals surface area contributed by atoms with Crippen molar-refractivity contribution < 1.29 is 24.1 Å². The maximum Gasteiger partial charge on any atom is 0.352 e. The first-order chi connectivity index (χ1) is 18.1. The minimum Gasteiger partial charge on any atom is -0.494 e. The van der Waals surface area contributed by atoms with Crippen LogP contribution in [0.3, 0.4) is 0 Å². The van der Waals surface area contributed by atoms with Crippen LogP contribution in [0.2, 0.25) is 0 Å². The number of carbonyl (C=O) groups is 1. The predicted octanol–water partition coefficient (Wildman–Crippen LogP) is 4.90. The summed E-state index contributed by atoms with van der Waals surface area (Å²) in [6.45, 7) is 3.14. The van der Waals surface area contributed by atoms with Gasteiger partial charge in [0.1, 0.15) is 29.9 Å². The largest absolute Gasteiger partial charge is 0.494 e. The number of aromatic carboxylic acids is 1. The first-order valence-electron chi connectivity index (χ1n) is 12.0. The third-order valence-electron chi connectivity index (χ3n) is 5.88. The lowest BCUT2D eigenvalue weighted by Gasteiger charge is -2.17. The van der Waals surface area contributed by atoms with Crippen LogP contribution in [-0.2, 0) is 11.3 Å². The molecule has 0 saturated heterocycles. The van der Waals surface area contributed by atoms with Crippen molar-refractivity contribution in [2.45, 2.75) is 26.0 Å². The van der Waals surface area contributed by atoms with E-state index in [1.165, 1.54) is 0 Å². The normalized spacial score (nSPS) is 14.8. The predicted molar refractivity (Wildman–Crippen MR) is 138 cm³/mol. The van der Waals surface area contributed by atoms with E-state index in [4.69, 9.17) is 14.2 Å². The van der Waals surface area contributed by atoms with Crippen LogP contribution in [0.1, 0.15) is 23.8 Å². The molecule has 0 spiro atoms. The van der Waals surface area contributed by atoms with E-state index >= 15 is 0 Å². The van der Waals surface area contributed by atoms with E-state index in [2.05, 4.69) is 15.0 Å². The number of fused-ring (bicyclic) bond motifs is 1. The van der Waals surface area contributed by atoms with Gasteiger partial charge in [0.2, 0.25) is 0 Å². The van der Waals surface area contributed by atoms with Gasteiger partial charge < -0.3 is 23.9 Å². The molecule has 0 radical (unpaired) electrons. The van der Waals surface area contributed by atoms with Gasteiger partial charge in [-0.05, 0) is 55.5 Å². The van der Waals surface area contributed by atoms with Crippen molar-refractivity contribution in [2.24, 2.45) is 0 Å². The van der Waals surface area contributed by atoms with E-state index in [1.807, 2.05) is 55.5 Å². The van der Waals surface area contributed by atoms with Crippen LogP contribution >= 0.6 is 0 Å². The Morgan fingerprint density at radius 2 is 1.95 bits per heavy atom. The zero-order valence-corrected chi connectivity index (χ0v) is 20.3. The summed E-state index contributed by atoms with van der Waals surface area (Å²) in [6.07, 6.45) is 11.1. The molecule has 4 aromatic rings. The molecular weight excluding hydrogens is 472 g/mol. The maximum atomic E-state index is 12.1. The van der Waals surface area contributed by atoms with Gasteiger partial charge in [0.15, 0.2) is 0 Å². The fraction of sp³-hybridized carbons (Fsp3) is 0.214. The third kappa shape index (κ3) is 5.45. The van der Waals surface area contributed by atoms with Gasteiger partial charge in [-0.2, -0.15) is 0 Å². The van der Waals surface area contributed by atoms with Gasteiger partial charge in [-0.25, -0.2) is 14.8 Å². The summed E-state index contributed by atoms with van der Waals surface area (Å²) in [4.78, 5) is 24.8. The molecule has 0 bridgehead atoms. The molecule has 1 unspecified atom stereocenters. The van der Waals surface area contributed by atoms with Crippen LogP contribution in [0, 0.1) is 0 Å². The van der Waals surface area contributed by atoms with Gasteiger partial charge >= 0.3 is 12.0 Å². The second-order valence-electron chi connectivity index (χ2n) is 8.28. The molecule has 0 aliphatic heterocycles. The third-order valence-corrected chi connectivity index (χ3v) is 5.88. The lowest BCUT2D eigenvalue weighted by molar-refractivity contribution is 0.0684. The van der Waals surface area contributed by atoms with Crippen molar-refractivity contribution in [3.8, 4) is 23.0 Å². The van der Waals surface area contributed by atoms with Gasteiger partial charge in [-0.3, -0.25) is 4.98 Å². The number of hydrogen-bond acceptors (Lipinski definition) is 7. The van der Waals surface area contributed by atoms with Crippen molar-refractivity contribution in [3.63, 3.8) is 0 Å². The highest BCUT2D eigenvalue weighted by Crippen LogP contribution is 2.31. The topological polar surface area (TPSA) is 109 Å². The van der Waals surface area contributed by atoms with Gasteiger partial charge in [-0.1, -0.05) is 12.1 Å². The molecule has 3 aromatic heterocycles. The number of rotatable bonds is 10. The number of nitrogens with zero attached hydrogens (tertiary/aromatic N) is 4. The molecule has 37 heavy (non-hydrogen) atoms. The molecule has 1 N–H and O–H groups in total. The monoisotopic (exact) mass is 498 g/mol. The van der Waals surface area contributed by atoms with Crippen molar-refractivity contribution in [1.29, 1.82) is 0 Å². The SMILES string of the molecule is CCOc1cccc(-c2nccc3c2cc(C(=O)O)n3CCOC2=CCC(Oc3ncccn3)C=C2)c1. The minimum atomic E-state index is -1.01. The van der Waals surface area contributed by atoms with Crippen LogP contribution in [0.15, 0.2) is 85.0 Å². The molecule has 188 valence electrons. The standard InChI is InChI=1S/C28H26N4O5/c1-2-35-22-6-3-5-19(17-22)26-23-18-25(27(33)34)32(24(23)11-14-29-26)15-16-36-20-7-9-21(10-8-20)37-28-30-12-4-13-31-28/h3-9,11-14,17-18,21H,2,10,15-16H2,1H3,(H,33,34). The molecule has 9 nitrogen and oxygen atoms in total. The van der Waals surface area contributed by atoms with Gasteiger partial charge in [0, 0.05) is 36.0 Å². The smallest absolute Gasteiger partial charge is 0.352 e. The number of ether oxygens (including phenoxy) is 3. The second-order valence-corrected chi connectivity index (χ2v) is 8.28. The summed E-state index contributed by atoms with van der Waals surface area (Å²) in [5.41, 5.74) is 2.51. The van der Waals surface area contributed by atoms with E-state index in [-0.39, 0.29) is 11.8 Å². The van der Waals surface area contributed by atoms with E-state index in [0.29, 0.717) is 43.6 Å². The molecule has 0 amide bonds. The van der Waals surface area contributed by atoms with Gasteiger partial charge in [0.25, 0.3) is 0 Å². The summed E-state index contributed by atoms with van der Waals surface area (Å²) in [5.74, 6) is 0.435. The number of pyridine rings is 1. The average molecular weight is 499 g/mol. The summed E-state index contributed by atoms with van der Waals surface area (Å²) >= 11 is 0. The van der Waals surface area contributed by atoms with Crippen molar-refractivity contribution >= 4 is 16.9 Å². The van der Waals surface area contributed by atoms with Crippen LogP contribution < -0.4 is 9.47 Å². The van der Waals surface area contributed by atoms with E-state index in [0.717, 1.165) is 22.2 Å². The number of benzene rings is 1. The highest BCUT2D eigenvalue weighted by atomic mass is 16.5. The zero-order valence-electron chi connectivity index (χ0n) is 20.3. The molecule has 3 heterocycles. The van der Waals surface area contributed by atoms with E-state index < -0.39 is 5.97 Å². The Kier molecular flexibility index (Phi) is 7.12. The Morgan fingerprint density at radius 1 is 1.08 bits per heavy atom. The van der Waals surface area contributed by atoms with Crippen molar-refractivity contribution in [3.05, 3.63) is 90.7 Å². The summed E-state index contributed by atoms with van der Waals surface area (Å²) < 4.78 is 19.0. The first kappa shape index (κ1) is 24.1. The van der Waals surface area contributed by atoms with Crippen LogP contribution in [0.5, 0.6) is 11.8 Å². The quantitative estimate of drug-likeness (QED) is 0.329.